The topological polar surface area (TPSA) is 44.7 Å². The molecular formula is C41H77N3O. The van der Waals surface area contributed by atoms with Crippen molar-refractivity contribution in [3.05, 3.63) is 24.3 Å². The third kappa shape index (κ3) is 28.4. The monoisotopic (exact) mass is 628 g/mol. The molecule has 1 N–H and O–H groups in total. The van der Waals surface area contributed by atoms with E-state index in [2.05, 4.69) is 48.4 Å². The average molecular weight is 628 g/mol. The standard InChI is InChI=1S/C41H77N3O/c1-3-5-7-9-11-13-15-17-19-21-22-24-26-28-30-32-34-40-42-36-38-44(40)39-37-43-41(45)35-33-31-29-27-25-23-20-18-16-14-12-10-8-6-4-2/h17-20H,3-16,21-39H2,1-2H3,(H,43,45)/b19-17-,20-18-. The Morgan fingerprint density at radius 2 is 1.02 bits per heavy atom. The van der Waals surface area contributed by atoms with E-state index in [1.807, 2.05) is 0 Å². The van der Waals surface area contributed by atoms with E-state index in [1.54, 1.807) is 0 Å². The lowest BCUT2D eigenvalue weighted by Gasteiger charge is -2.20. The second-order valence-corrected chi connectivity index (χ2v) is 13.7. The second-order valence-electron chi connectivity index (χ2n) is 13.7. The lowest BCUT2D eigenvalue weighted by atomic mass is 10.1. The summed E-state index contributed by atoms with van der Waals surface area (Å²) in [4.78, 5) is 19.5. The van der Waals surface area contributed by atoms with E-state index in [1.165, 1.54) is 173 Å². The van der Waals surface area contributed by atoms with Crippen molar-refractivity contribution < 1.29 is 4.79 Å². The van der Waals surface area contributed by atoms with Crippen LogP contribution in [0.2, 0.25) is 0 Å². The first-order chi connectivity index (χ1) is 22.3. The van der Waals surface area contributed by atoms with Crippen molar-refractivity contribution in [2.45, 2.75) is 200 Å². The molecule has 1 rings (SSSR count). The molecular weight excluding hydrogens is 550 g/mol. The van der Waals surface area contributed by atoms with Gasteiger partial charge in [-0.05, 0) is 64.2 Å². The molecule has 0 aliphatic carbocycles. The highest BCUT2D eigenvalue weighted by atomic mass is 16.1. The fraction of sp³-hybridized carbons (Fsp3) is 0.854. The summed E-state index contributed by atoms with van der Waals surface area (Å²) >= 11 is 0. The number of unbranched alkanes of at least 4 members (excludes halogenated alkanes) is 23. The van der Waals surface area contributed by atoms with E-state index < -0.39 is 0 Å². The Morgan fingerprint density at radius 3 is 1.51 bits per heavy atom. The number of carbonyl (C=O) groups is 1. The molecule has 1 aliphatic rings. The first-order valence-electron chi connectivity index (χ1n) is 20.1. The van der Waals surface area contributed by atoms with Crippen LogP contribution in [0, 0.1) is 0 Å². The minimum absolute atomic E-state index is 0.221. The number of hydrogen-bond acceptors (Lipinski definition) is 3. The lowest BCUT2D eigenvalue weighted by Crippen LogP contribution is -2.36. The van der Waals surface area contributed by atoms with Crippen LogP contribution in [0.25, 0.3) is 0 Å². The Balaban J connectivity index is 1.88. The third-order valence-electron chi connectivity index (χ3n) is 9.31. The maximum atomic E-state index is 12.3. The van der Waals surface area contributed by atoms with Crippen LogP contribution in [-0.4, -0.2) is 42.8 Å². The highest BCUT2D eigenvalue weighted by Crippen LogP contribution is 2.14. The van der Waals surface area contributed by atoms with Crippen molar-refractivity contribution in [3.8, 4) is 0 Å². The van der Waals surface area contributed by atoms with Gasteiger partial charge in [0.2, 0.25) is 5.91 Å². The molecule has 1 aliphatic heterocycles. The SMILES string of the molecule is CCCCCCCC/C=C\CCCCCCCCC1=NCCN1CCNC(=O)CCCCCCC/C=C\CCCCCCCC. The number of rotatable bonds is 34. The van der Waals surface area contributed by atoms with Crippen molar-refractivity contribution in [1.29, 1.82) is 0 Å². The number of nitrogens with one attached hydrogen (secondary N) is 1. The van der Waals surface area contributed by atoms with E-state index in [0.29, 0.717) is 6.42 Å². The zero-order valence-electron chi connectivity index (χ0n) is 30.4. The Labute approximate surface area is 281 Å². The number of allylic oxidation sites excluding steroid dienone is 4. The predicted octanol–water partition coefficient (Wildman–Crippen LogP) is 12.3. The Hall–Kier alpha value is -1.58. The van der Waals surface area contributed by atoms with Gasteiger partial charge in [-0.3, -0.25) is 9.79 Å². The van der Waals surface area contributed by atoms with Gasteiger partial charge in [0, 0.05) is 32.5 Å². The maximum absolute atomic E-state index is 12.3. The smallest absolute Gasteiger partial charge is 0.220 e. The van der Waals surface area contributed by atoms with Crippen LogP contribution >= 0.6 is 0 Å². The first kappa shape index (κ1) is 41.4. The highest BCUT2D eigenvalue weighted by Gasteiger charge is 2.16. The molecule has 0 aromatic heterocycles. The first-order valence-corrected chi connectivity index (χ1v) is 20.1. The van der Waals surface area contributed by atoms with Crippen LogP contribution in [0.4, 0.5) is 0 Å². The molecule has 0 spiro atoms. The van der Waals surface area contributed by atoms with Crippen molar-refractivity contribution in [2.24, 2.45) is 4.99 Å². The molecule has 0 bridgehead atoms. The molecule has 0 fully saturated rings. The predicted molar refractivity (Wildman–Crippen MR) is 200 cm³/mol. The van der Waals surface area contributed by atoms with Crippen LogP contribution < -0.4 is 5.32 Å². The third-order valence-corrected chi connectivity index (χ3v) is 9.31. The van der Waals surface area contributed by atoms with Gasteiger partial charge in [-0.25, -0.2) is 0 Å². The Morgan fingerprint density at radius 1 is 0.600 bits per heavy atom. The maximum Gasteiger partial charge on any atom is 0.220 e. The van der Waals surface area contributed by atoms with Gasteiger partial charge in [0.25, 0.3) is 0 Å². The molecule has 0 saturated heterocycles. The van der Waals surface area contributed by atoms with E-state index in [4.69, 9.17) is 4.99 Å². The van der Waals surface area contributed by atoms with Gasteiger partial charge in [0.15, 0.2) is 0 Å². The van der Waals surface area contributed by atoms with Crippen molar-refractivity contribution in [1.82, 2.24) is 10.2 Å². The fourth-order valence-electron chi connectivity index (χ4n) is 6.31. The van der Waals surface area contributed by atoms with Gasteiger partial charge in [-0.15, -0.1) is 0 Å². The minimum atomic E-state index is 0.221. The molecule has 0 radical (unpaired) electrons. The highest BCUT2D eigenvalue weighted by molar-refractivity contribution is 5.83. The van der Waals surface area contributed by atoms with Crippen molar-refractivity contribution >= 4 is 11.7 Å². The summed E-state index contributed by atoms with van der Waals surface area (Å²) in [7, 11) is 0. The summed E-state index contributed by atoms with van der Waals surface area (Å²) in [5.74, 6) is 1.50. The molecule has 4 nitrogen and oxygen atoms in total. The Kier molecular flexibility index (Phi) is 31.1. The molecule has 262 valence electrons. The number of hydrogen-bond donors (Lipinski definition) is 1. The molecule has 0 atom stereocenters. The quantitative estimate of drug-likeness (QED) is 0.0570. The van der Waals surface area contributed by atoms with Crippen LogP contribution in [0.15, 0.2) is 29.3 Å². The number of nitrogens with zero attached hydrogens (tertiary/aromatic N) is 2. The summed E-state index contributed by atoms with van der Waals surface area (Å²) in [6.45, 7) is 8.16. The minimum Gasteiger partial charge on any atom is -0.357 e. The van der Waals surface area contributed by atoms with Gasteiger partial charge < -0.3 is 10.2 Å². The zero-order chi connectivity index (χ0) is 32.3. The lowest BCUT2D eigenvalue weighted by molar-refractivity contribution is -0.121. The molecule has 0 aromatic rings. The Bertz CT molecular complexity index is 728. The van der Waals surface area contributed by atoms with Gasteiger partial charge >= 0.3 is 0 Å². The van der Waals surface area contributed by atoms with Gasteiger partial charge in [0.05, 0.1) is 12.4 Å². The van der Waals surface area contributed by atoms with Crippen LogP contribution in [0.5, 0.6) is 0 Å². The van der Waals surface area contributed by atoms with Gasteiger partial charge in [0.1, 0.15) is 0 Å². The average Bonchev–Trinajstić information content (AvgIpc) is 3.49. The molecule has 45 heavy (non-hydrogen) atoms. The number of amides is 1. The summed E-state index contributed by atoms with van der Waals surface area (Å²) < 4.78 is 0. The van der Waals surface area contributed by atoms with E-state index in [9.17, 15) is 4.79 Å². The van der Waals surface area contributed by atoms with Crippen LogP contribution in [-0.2, 0) is 4.79 Å². The van der Waals surface area contributed by atoms with Crippen LogP contribution in [0.1, 0.15) is 200 Å². The zero-order valence-corrected chi connectivity index (χ0v) is 30.4. The molecule has 4 heteroatoms. The number of carbonyl (C=O) groups excluding carboxylic acids is 1. The molecule has 0 unspecified atom stereocenters. The summed E-state index contributed by atoms with van der Waals surface area (Å²) in [6.07, 6.45) is 47.1. The summed E-state index contributed by atoms with van der Waals surface area (Å²) in [6, 6.07) is 0. The molecule has 0 saturated carbocycles. The number of amidine groups is 1. The normalized spacial score (nSPS) is 13.5. The fourth-order valence-corrected chi connectivity index (χ4v) is 6.31. The molecule has 0 aromatic carbocycles. The van der Waals surface area contributed by atoms with E-state index >= 15 is 0 Å². The van der Waals surface area contributed by atoms with Gasteiger partial charge in [-0.2, -0.15) is 0 Å². The van der Waals surface area contributed by atoms with E-state index in [0.717, 1.165) is 39.0 Å². The van der Waals surface area contributed by atoms with Crippen molar-refractivity contribution in [2.75, 3.05) is 26.2 Å². The largest absolute Gasteiger partial charge is 0.357 e. The second kappa shape index (κ2) is 33.8. The van der Waals surface area contributed by atoms with Gasteiger partial charge in [-0.1, -0.05) is 147 Å². The summed E-state index contributed by atoms with van der Waals surface area (Å²) in [5, 5.41) is 3.15. The van der Waals surface area contributed by atoms with Crippen molar-refractivity contribution in [3.63, 3.8) is 0 Å². The molecule has 1 heterocycles. The molecule has 1 amide bonds. The van der Waals surface area contributed by atoms with Crippen LogP contribution in [0.3, 0.4) is 0 Å². The summed E-state index contributed by atoms with van der Waals surface area (Å²) in [5.41, 5.74) is 0. The van der Waals surface area contributed by atoms with E-state index in [-0.39, 0.29) is 5.91 Å². The number of aliphatic imine (C=N–C) groups is 1.